The second-order valence-corrected chi connectivity index (χ2v) is 4.71. The third-order valence-electron chi connectivity index (χ3n) is 3.55. The fraction of sp³-hybridized carbons (Fsp3) is 0.538. The van der Waals surface area contributed by atoms with Gasteiger partial charge in [-0.25, -0.2) is 0 Å². The molecule has 104 valence electrons. The quantitative estimate of drug-likeness (QED) is 0.639. The summed E-state index contributed by atoms with van der Waals surface area (Å²) in [6.07, 6.45) is 0.782. The van der Waals surface area contributed by atoms with Crippen molar-refractivity contribution in [1.29, 1.82) is 0 Å². The Balaban J connectivity index is 2.35. The second-order valence-electron chi connectivity index (χ2n) is 4.71. The normalized spacial score (nSPS) is 18.2. The number of benzene rings is 1. The summed E-state index contributed by atoms with van der Waals surface area (Å²) < 4.78 is 0. The molecule has 0 aliphatic carbocycles. The minimum Gasteiger partial charge on any atom is -0.508 e. The van der Waals surface area contributed by atoms with E-state index in [9.17, 15) is 15.2 Å². The molecule has 0 spiro atoms. The molecule has 6 heteroatoms. The molecule has 0 aromatic heterocycles. The predicted octanol–water partition coefficient (Wildman–Crippen LogP) is 1.66. The Kier molecular flexibility index (Phi) is 4.34. The number of nitro benzene ring substituents is 1. The Labute approximate surface area is 112 Å². The first-order valence-corrected chi connectivity index (χ1v) is 6.55. The molecule has 0 radical (unpaired) electrons. The first kappa shape index (κ1) is 13.8. The maximum Gasteiger partial charge on any atom is 0.274 e. The zero-order valence-corrected chi connectivity index (χ0v) is 11.0. The molecule has 1 aliphatic rings. The third-order valence-corrected chi connectivity index (χ3v) is 3.55. The van der Waals surface area contributed by atoms with Crippen molar-refractivity contribution in [3.8, 4) is 5.75 Å². The summed E-state index contributed by atoms with van der Waals surface area (Å²) in [6, 6.07) is 4.25. The minimum atomic E-state index is -0.375. The van der Waals surface area contributed by atoms with Gasteiger partial charge in [-0.05, 0) is 18.6 Å². The molecule has 0 amide bonds. The van der Waals surface area contributed by atoms with Crippen molar-refractivity contribution in [3.63, 3.8) is 0 Å². The average molecular weight is 265 g/mol. The van der Waals surface area contributed by atoms with Crippen LogP contribution < -0.4 is 5.32 Å². The molecule has 1 aromatic rings. The Morgan fingerprint density at radius 3 is 2.74 bits per heavy atom. The van der Waals surface area contributed by atoms with E-state index < -0.39 is 0 Å². The molecule has 1 fully saturated rings. The van der Waals surface area contributed by atoms with Crippen LogP contribution in [0.3, 0.4) is 0 Å². The molecule has 0 unspecified atom stereocenters. The van der Waals surface area contributed by atoms with Crippen LogP contribution in [0.25, 0.3) is 0 Å². The summed E-state index contributed by atoms with van der Waals surface area (Å²) in [5, 5.41) is 24.0. The number of nitro groups is 1. The van der Waals surface area contributed by atoms with Crippen LogP contribution in [-0.4, -0.2) is 41.1 Å². The van der Waals surface area contributed by atoms with Crippen LogP contribution in [0.15, 0.2) is 18.2 Å². The van der Waals surface area contributed by atoms with Crippen molar-refractivity contribution in [2.24, 2.45) is 0 Å². The summed E-state index contributed by atoms with van der Waals surface area (Å²) in [4.78, 5) is 13.0. The van der Waals surface area contributed by atoms with Gasteiger partial charge in [-0.1, -0.05) is 6.92 Å². The number of hydrogen-bond acceptors (Lipinski definition) is 5. The van der Waals surface area contributed by atoms with Gasteiger partial charge in [-0.3, -0.25) is 15.0 Å². The fourth-order valence-corrected chi connectivity index (χ4v) is 2.64. The molecule has 1 aromatic carbocycles. The minimum absolute atomic E-state index is 0.0189. The van der Waals surface area contributed by atoms with Gasteiger partial charge in [0.05, 0.1) is 10.5 Å². The molecule has 0 saturated carbocycles. The lowest BCUT2D eigenvalue weighted by Gasteiger charge is -2.34. The van der Waals surface area contributed by atoms with Gasteiger partial charge < -0.3 is 10.4 Å². The number of piperazine rings is 1. The maximum atomic E-state index is 11.1. The number of nitrogens with one attached hydrogen (secondary N) is 1. The van der Waals surface area contributed by atoms with Crippen molar-refractivity contribution in [1.82, 2.24) is 10.2 Å². The van der Waals surface area contributed by atoms with E-state index in [0.717, 1.165) is 32.6 Å². The first-order valence-electron chi connectivity index (χ1n) is 6.55. The van der Waals surface area contributed by atoms with Crippen molar-refractivity contribution in [2.45, 2.75) is 19.4 Å². The zero-order chi connectivity index (χ0) is 13.8. The molecule has 19 heavy (non-hydrogen) atoms. The standard InChI is InChI=1S/C13H19N3O3/c1-2-12(15-7-5-14-6-8-15)11-9-10(17)3-4-13(11)16(18)19/h3-4,9,12,14,17H,2,5-8H2,1H3/t12-/m1/s1. The highest BCUT2D eigenvalue weighted by atomic mass is 16.6. The highest BCUT2D eigenvalue weighted by Crippen LogP contribution is 2.34. The summed E-state index contributed by atoms with van der Waals surface area (Å²) in [5.41, 5.74) is 0.692. The molecule has 1 atom stereocenters. The lowest BCUT2D eigenvalue weighted by atomic mass is 9.99. The third kappa shape index (κ3) is 3.02. The van der Waals surface area contributed by atoms with E-state index >= 15 is 0 Å². The van der Waals surface area contributed by atoms with Gasteiger partial charge in [0, 0.05) is 38.3 Å². The Morgan fingerprint density at radius 1 is 1.47 bits per heavy atom. The number of phenolic OH excluding ortho intramolecular Hbond substituents is 1. The molecule has 1 heterocycles. The van der Waals surface area contributed by atoms with E-state index in [4.69, 9.17) is 0 Å². The maximum absolute atomic E-state index is 11.1. The number of rotatable bonds is 4. The summed E-state index contributed by atoms with van der Waals surface area (Å²) in [6.45, 7) is 5.53. The monoisotopic (exact) mass is 265 g/mol. The molecule has 6 nitrogen and oxygen atoms in total. The lowest BCUT2D eigenvalue weighted by Crippen LogP contribution is -2.45. The van der Waals surface area contributed by atoms with E-state index in [1.165, 1.54) is 18.2 Å². The molecular formula is C13H19N3O3. The van der Waals surface area contributed by atoms with Crippen LogP contribution in [0.5, 0.6) is 5.75 Å². The summed E-state index contributed by atoms with van der Waals surface area (Å²) in [7, 11) is 0. The van der Waals surface area contributed by atoms with Crippen molar-refractivity contribution in [2.75, 3.05) is 26.2 Å². The first-order chi connectivity index (χ1) is 9.13. The Morgan fingerprint density at radius 2 is 2.16 bits per heavy atom. The van der Waals surface area contributed by atoms with E-state index in [-0.39, 0.29) is 22.4 Å². The van der Waals surface area contributed by atoms with Crippen LogP contribution in [0.1, 0.15) is 24.9 Å². The smallest absolute Gasteiger partial charge is 0.274 e. The highest BCUT2D eigenvalue weighted by molar-refractivity contribution is 5.46. The highest BCUT2D eigenvalue weighted by Gasteiger charge is 2.27. The second kappa shape index (κ2) is 5.99. The van der Waals surface area contributed by atoms with E-state index in [0.29, 0.717) is 5.56 Å². The van der Waals surface area contributed by atoms with Crippen LogP contribution in [0, 0.1) is 10.1 Å². The average Bonchev–Trinajstić information content (AvgIpc) is 2.40. The number of hydrogen-bond donors (Lipinski definition) is 2. The largest absolute Gasteiger partial charge is 0.508 e. The molecule has 1 saturated heterocycles. The van der Waals surface area contributed by atoms with Crippen LogP contribution >= 0.6 is 0 Å². The van der Waals surface area contributed by atoms with Crippen molar-refractivity contribution in [3.05, 3.63) is 33.9 Å². The van der Waals surface area contributed by atoms with E-state index in [1.54, 1.807) is 0 Å². The van der Waals surface area contributed by atoms with Gasteiger partial charge in [-0.2, -0.15) is 0 Å². The number of aromatic hydroxyl groups is 1. The van der Waals surface area contributed by atoms with Gasteiger partial charge in [0.15, 0.2) is 0 Å². The van der Waals surface area contributed by atoms with Gasteiger partial charge >= 0.3 is 0 Å². The van der Waals surface area contributed by atoms with Crippen LogP contribution in [-0.2, 0) is 0 Å². The Hall–Kier alpha value is -1.66. The summed E-state index contributed by atoms with van der Waals surface area (Å²) in [5.74, 6) is 0.0779. The Bertz CT molecular complexity index is 458. The van der Waals surface area contributed by atoms with Gasteiger partial charge in [0.1, 0.15) is 5.75 Å². The SMILES string of the molecule is CC[C@H](c1cc(O)ccc1[N+](=O)[O-])N1CCNCC1. The fourth-order valence-electron chi connectivity index (χ4n) is 2.64. The van der Waals surface area contributed by atoms with Gasteiger partial charge in [0.2, 0.25) is 0 Å². The lowest BCUT2D eigenvalue weighted by molar-refractivity contribution is -0.386. The van der Waals surface area contributed by atoms with Gasteiger partial charge in [-0.15, -0.1) is 0 Å². The molecular weight excluding hydrogens is 246 g/mol. The van der Waals surface area contributed by atoms with Crippen molar-refractivity contribution < 1.29 is 10.0 Å². The molecule has 1 aliphatic heterocycles. The molecule has 2 N–H and O–H groups in total. The van der Waals surface area contributed by atoms with E-state index in [1.807, 2.05) is 6.92 Å². The predicted molar refractivity (Wildman–Crippen MR) is 72.2 cm³/mol. The summed E-state index contributed by atoms with van der Waals surface area (Å²) >= 11 is 0. The topological polar surface area (TPSA) is 78.6 Å². The van der Waals surface area contributed by atoms with E-state index in [2.05, 4.69) is 10.2 Å². The molecule has 0 bridgehead atoms. The van der Waals surface area contributed by atoms with Crippen LogP contribution in [0.2, 0.25) is 0 Å². The van der Waals surface area contributed by atoms with Crippen LogP contribution in [0.4, 0.5) is 5.69 Å². The van der Waals surface area contributed by atoms with Crippen molar-refractivity contribution >= 4 is 5.69 Å². The van der Waals surface area contributed by atoms with Gasteiger partial charge in [0.25, 0.3) is 5.69 Å². The zero-order valence-electron chi connectivity index (χ0n) is 11.0. The molecule has 2 rings (SSSR count). The number of nitrogens with zero attached hydrogens (tertiary/aromatic N) is 2. The number of phenols is 1.